The third-order valence-corrected chi connectivity index (χ3v) is 3.64. The molecule has 2 atom stereocenters. The summed E-state index contributed by atoms with van der Waals surface area (Å²) in [6.45, 7) is 6.57. The second kappa shape index (κ2) is 8.12. The van der Waals surface area contributed by atoms with E-state index in [9.17, 15) is 13.2 Å². The zero-order valence-electron chi connectivity index (χ0n) is 13.8. The molecule has 0 aromatic heterocycles. The van der Waals surface area contributed by atoms with Crippen LogP contribution in [0, 0.1) is 5.92 Å². The Morgan fingerprint density at radius 1 is 1.41 bits per heavy atom. The summed E-state index contributed by atoms with van der Waals surface area (Å²) in [4.78, 5) is 11.9. The first-order valence-electron chi connectivity index (χ1n) is 7.47. The van der Waals surface area contributed by atoms with E-state index in [4.69, 9.17) is 13.7 Å². The maximum Gasteiger partial charge on any atom is 0.407 e. The number of alkyl carbamates (subject to hydrolysis) is 1. The largest absolute Gasteiger partial charge is 0.444 e. The molecule has 0 unspecified atom stereocenters. The number of rotatable bonds is 6. The molecule has 1 N–H and O–H groups in total. The van der Waals surface area contributed by atoms with Crippen LogP contribution in [0.15, 0.2) is 0 Å². The molecular weight excluding hydrogens is 310 g/mol. The van der Waals surface area contributed by atoms with Crippen molar-refractivity contribution in [3.8, 4) is 0 Å². The zero-order chi connectivity index (χ0) is 16.8. The molecule has 0 saturated carbocycles. The van der Waals surface area contributed by atoms with Crippen LogP contribution in [-0.4, -0.2) is 52.2 Å². The summed E-state index contributed by atoms with van der Waals surface area (Å²) in [7, 11) is -3.55. The molecule has 0 aliphatic carbocycles. The highest BCUT2D eigenvalue weighted by Gasteiger charge is 2.24. The molecule has 1 aliphatic heterocycles. The van der Waals surface area contributed by atoms with Gasteiger partial charge in [-0.25, -0.2) is 4.79 Å². The van der Waals surface area contributed by atoms with Crippen LogP contribution in [0.2, 0.25) is 0 Å². The van der Waals surface area contributed by atoms with Gasteiger partial charge in [-0.1, -0.05) is 0 Å². The van der Waals surface area contributed by atoms with Crippen LogP contribution in [0.1, 0.15) is 40.0 Å². The van der Waals surface area contributed by atoms with E-state index in [0.717, 1.165) is 25.7 Å². The Morgan fingerprint density at radius 3 is 2.59 bits per heavy atom. The van der Waals surface area contributed by atoms with Gasteiger partial charge in [-0.2, -0.15) is 8.42 Å². The first-order valence-corrected chi connectivity index (χ1v) is 9.28. The fourth-order valence-corrected chi connectivity index (χ4v) is 2.66. The summed E-state index contributed by atoms with van der Waals surface area (Å²) in [5.41, 5.74) is -0.611. The van der Waals surface area contributed by atoms with Gasteiger partial charge in [-0.15, -0.1) is 0 Å². The van der Waals surface area contributed by atoms with Crippen molar-refractivity contribution >= 4 is 16.2 Å². The van der Waals surface area contributed by atoms with Crippen LogP contribution in [0.3, 0.4) is 0 Å². The zero-order valence-corrected chi connectivity index (χ0v) is 14.6. The van der Waals surface area contributed by atoms with E-state index in [-0.39, 0.29) is 12.5 Å². The van der Waals surface area contributed by atoms with Gasteiger partial charge in [-0.3, -0.25) is 4.18 Å². The molecule has 0 radical (unpaired) electrons. The summed E-state index contributed by atoms with van der Waals surface area (Å²) >= 11 is 0. The van der Waals surface area contributed by atoms with Crippen molar-refractivity contribution in [1.82, 2.24) is 5.32 Å². The number of carbonyl (C=O) groups is 1. The predicted molar refractivity (Wildman–Crippen MR) is 82.1 cm³/mol. The normalized spacial score (nSPS) is 21.2. The van der Waals surface area contributed by atoms with Crippen molar-refractivity contribution < 1.29 is 26.9 Å². The van der Waals surface area contributed by atoms with Gasteiger partial charge < -0.3 is 14.8 Å². The standard InChI is InChI=1S/C14H27NO6S/c1-14(2,3)21-13(16)15-12(10-20-22(4,17)18)8-11-6-5-7-19-9-11/h11-12H,5-10H2,1-4H3,(H,15,16)/t11-,12-/m1/s1. The molecule has 0 spiro atoms. The summed E-state index contributed by atoms with van der Waals surface area (Å²) in [6, 6.07) is -0.434. The predicted octanol–water partition coefficient (Wildman–Crippen LogP) is 1.67. The third kappa shape index (κ3) is 9.22. The minimum atomic E-state index is -3.55. The first kappa shape index (κ1) is 19.2. The van der Waals surface area contributed by atoms with Gasteiger partial charge in [0.2, 0.25) is 0 Å². The van der Waals surface area contributed by atoms with Crippen molar-refractivity contribution in [1.29, 1.82) is 0 Å². The molecule has 8 heteroatoms. The van der Waals surface area contributed by atoms with E-state index in [1.807, 2.05) is 0 Å². The average molecular weight is 337 g/mol. The molecule has 130 valence electrons. The van der Waals surface area contributed by atoms with Crippen LogP contribution in [-0.2, 0) is 23.8 Å². The highest BCUT2D eigenvalue weighted by molar-refractivity contribution is 7.85. The second-order valence-electron chi connectivity index (χ2n) is 6.65. The van der Waals surface area contributed by atoms with E-state index < -0.39 is 27.9 Å². The molecule has 0 aromatic rings. The molecule has 1 amide bonds. The summed E-state index contributed by atoms with van der Waals surface area (Å²) in [5.74, 6) is 0.275. The number of carbonyl (C=O) groups excluding carboxylic acids is 1. The Kier molecular flexibility index (Phi) is 7.08. The number of amides is 1. The van der Waals surface area contributed by atoms with Gasteiger partial charge in [0.1, 0.15) is 5.60 Å². The maximum absolute atomic E-state index is 11.9. The molecule has 0 aromatic carbocycles. The smallest absolute Gasteiger partial charge is 0.407 e. The summed E-state index contributed by atoms with van der Waals surface area (Å²) in [6.07, 6.45) is 2.96. The van der Waals surface area contributed by atoms with Gasteiger partial charge in [-0.05, 0) is 46.0 Å². The van der Waals surface area contributed by atoms with Gasteiger partial charge in [0.15, 0.2) is 0 Å². The third-order valence-electron chi connectivity index (χ3n) is 3.08. The number of ether oxygens (including phenoxy) is 2. The van der Waals surface area contributed by atoms with Crippen molar-refractivity contribution in [3.05, 3.63) is 0 Å². The lowest BCUT2D eigenvalue weighted by Gasteiger charge is -2.28. The van der Waals surface area contributed by atoms with Crippen LogP contribution in [0.4, 0.5) is 4.79 Å². The highest BCUT2D eigenvalue weighted by Crippen LogP contribution is 2.19. The SMILES string of the molecule is CC(C)(C)OC(=O)N[C@@H](COS(C)(=O)=O)C[C@H]1CCCOC1. The second-order valence-corrected chi connectivity index (χ2v) is 8.29. The molecule has 22 heavy (non-hydrogen) atoms. The first-order chi connectivity index (χ1) is 10.1. The van der Waals surface area contributed by atoms with Crippen molar-refractivity contribution in [2.45, 2.75) is 51.7 Å². The lowest BCUT2D eigenvalue weighted by Crippen LogP contribution is -2.43. The van der Waals surface area contributed by atoms with Crippen LogP contribution >= 0.6 is 0 Å². The van der Waals surface area contributed by atoms with Crippen LogP contribution < -0.4 is 5.32 Å². The van der Waals surface area contributed by atoms with Crippen molar-refractivity contribution in [2.24, 2.45) is 5.92 Å². The molecule has 1 rings (SSSR count). The van der Waals surface area contributed by atoms with Crippen molar-refractivity contribution in [2.75, 3.05) is 26.1 Å². The Labute approximate surface area is 132 Å². The van der Waals surface area contributed by atoms with Crippen LogP contribution in [0.25, 0.3) is 0 Å². The Balaban J connectivity index is 2.57. The number of hydrogen-bond acceptors (Lipinski definition) is 6. The number of hydrogen-bond donors (Lipinski definition) is 1. The molecular formula is C14H27NO6S. The fourth-order valence-electron chi connectivity index (χ4n) is 2.24. The van der Waals surface area contributed by atoms with E-state index in [1.54, 1.807) is 20.8 Å². The van der Waals surface area contributed by atoms with Gasteiger partial charge in [0, 0.05) is 13.2 Å². The van der Waals surface area contributed by atoms with Crippen molar-refractivity contribution in [3.63, 3.8) is 0 Å². The van der Waals surface area contributed by atoms with E-state index >= 15 is 0 Å². The molecule has 0 bridgehead atoms. The molecule has 1 fully saturated rings. The minimum absolute atomic E-state index is 0.103. The quantitative estimate of drug-likeness (QED) is 0.742. The highest BCUT2D eigenvalue weighted by atomic mass is 32.2. The molecule has 1 saturated heterocycles. The molecule has 7 nitrogen and oxygen atoms in total. The topological polar surface area (TPSA) is 90.9 Å². The molecule has 1 heterocycles. The lowest BCUT2D eigenvalue weighted by atomic mass is 9.95. The Morgan fingerprint density at radius 2 is 2.09 bits per heavy atom. The van der Waals surface area contributed by atoms with Crippen LogP contribution in [0.5, 0.6) is 0 Å². The Bertz CT molecular complexity index is 450. The van der Waals surface area contributed by atoms with E-state index in [2.05, 4.69) is 5.32 Å². The monoisotopic (exact) mass is 337 g/mol. The number of nitrogens with one attached hydrogen (secondary N) is 1. The van der Waals surface area contributed by atoms with E-state index in [0.29, 0.717) is 13.0 Å². The summed E-state index contributed by atoms with van der Waals surface area (Å²) < 4.78 is 37.7. The maximum atomic E-state index is 11.9. The average Bonchev–Trinajstić information content (AvgIpc) is 2.34. The molecule has 1 aliphatic rings. The van der Waals surface area contributed by atoms with Gasteiger partial charge in [0.25, 0.3) is 10.1 Å². The Hall–Kier alpha value is -0.860. The minimum Gasteiger partial charge on any atom is -0.444 e. The fraction of sp³-hybridized carbons (Fsp3) is 0.929. The van der Waals surface area contributed by atoms with Gasteiger partial charge >= 0.3 is 6.09 Å². The lowest BCUT2D eigenvalue weighted by molar-refractivity contribution is 0.0355. The van der Waals surface area contributed by atoms with Gasteiger partial charge in [0.05, 0.1) is 18.9 Å². The van der Waals surface area contributed by atoms with E-state index in [1.165, 1.54) is 0 Å². The summed E-state index contributed by atoms with van der Waals surface area (Å²) in [5, 5.41) is 2.69.